The molecule has 1 N–H and O–H groups in total. The monoisotopic (exact) mass is 297 g/mol. The zero-order valence-electron chi connectivity index (χ0n) is 14.1. The molecule has 0 bridgehead atoms. The van der Waals surface area contributed by atoms with Crippen LogP contribution in [-0.2, 0) is 6.54 Å². The van der Waals surface area contributed by atoms with Gasteiger partial charge in [0.1, 0.15) is 5.75 Å². The van der Waals surface area contributed by atoms with Gasteiger partial charge < -0.3 is 10.1 Å². The molecule has 22 heavy (non-hydrogen) atoms. The number of para-hydroxylation sites is 1. The van der Waals surface area contributed by atoms with Crippen molar-refractivity contribution >= 4 is 5.69 Å². The van der Waals surface area contributed by atoms with Crippen molar-refractivity contribution in [2.24, 2.45) is 5.92 Å². The van der Waals surface area contributed by atoms with Crippen LogP contribution in [-0.4, -0.2) is 6.61 Å². The predicted molar refractivity (Wildman–Crippen MR) is 94.6 cm³/mol. The molecule has 0 atom stereocenters. The van der Waals surface area contributed by atoms with Crippen molar-refractivity contribution < 1.29 is 4.74 Å². The van der Waals surface area contributed by atoms with Gasteiger partial charge in [-0.05, 0) is 49.4 Å². The Kier molecular flexibility index (Phi) is 5.88. The summed E-state index contributed by atoms with van der Waals surface area (Å²) in [6.07, 6.45) is 1.08. The second-order valence-corrected chi connectivity index (χ2v) is 6.31. The highest BCUT2D eigenvalue weighted by Crippen LogP contribution is 2.22. The Bertz CT molecular complexity index is 604. The molecule has 0 aromatic heterocycles. The van der Waals surface area contributed by atoms with Crippen LogP contribution in [0.5, 0.6) is 5.75 Å². The highest BCUT2D eigenvalue weighted by atomic mass is 16.5. The quantitative estimate of drug-likeness (QED) is 0.744. The lowest BCUT2D eigenvalue weighted by molar-refractivity contribution is 0.287. The van der Waals surface area contributed by atoms with Gasteiger partial charge in [0, 0.05) is 17.8 Å². The summed E-state index contributed by atoms with van der Waals surface area (Å²) in [6, 6.07) is 14.8. The SMILES string of the molecule is Cc1ccc(C)c(NCc2ccccc2OCCC(C)C)c1. The molecule has 0 heterocycles. The number of ether oxygens (including phenoxy) is 1. The van der Waals surface area contributed by atoms with E-state index in [-0.39, 0.29) is 0 Å². The third-order valence-corrected chi connectivity index (χ3v) is 3.79. The van der Waals surface area contributed by atoms with Crippen LogP contribution in [0.25, 0.3) is 0 Å². The molecule has 0 aliphatic rings. The van der Waals surface area contributed by atoms with E-state index in [1.54, 1.807) is 0 Å². The smallest absolute Gasteiger partial charge is 0.124 e. The fourth-order valence-corrected chi connectivity index (χ4v) is 2.31. The van der Waals surface area contributed by atoms with Crippen LogP contribution in [0.15, 0.2) is 42.5 Å². The van der Waals surface area contributed by atoms with E-state index in [1.165, 1.54) is 22.4 Å². The highest BCUT2D eigenvalue weighted by Gasteiger charge is 2.05. The molecule has 118 valence electrons. The third-order valence-electron chi connectivity index (χ3n) is 3.79. The lowest BCUT2D eigenvalue weighted by atomic mass is 10.1. The van der Waals surface area contributed by atoms with Gasteiger partial charge in [-0.1, -0.05) is 44.2 Å². The van der Waals surface area contributed by atoms with Gasteiger partial charge in [-0.2, -0.15) is 0 Å². The van der Waals surface area contributed by atoms with E-state index in [0.717, 1.165) is 25.3 Å². The molecule has 0 amide bonds. The van der Waals surface area contributed by atoms with E-state index in [1.807, 2.05) is 6.07 Å². The molecule has 2 aromatic carbocycles. The number of benzene rings is 2. The minimum Gasteiger partial charge on any atom is -0.493 e. The van der Waals surface area contributed by atoms with Crippen LogP contribution in [0.4, 0.5) is 5.69 Å². The average Bonchev–Trinajstić information content (AvgIpc) is 2.49. The Morgan fingerprint density at radius 2 is 1.82 bits per heavy atom. The van der Waals surface area contributed by atoms with Crippen molar-refractivity contribution in [1.82, 2.24) is 0 Å². The Morgan fingerprint density at radius 1 is 1.05 bits per heavy atom. The number of hydrogen-bond acceptors (Lipinski definition) is 2. The molecule has 2 rings (SSSR count). The topological polar surface area (TPSA) is 21.3 Å². The molecule has 0 aliphatic heterocycles. The van der Waals surface area contributed by atoms with Gasteiger partial charge in [0.15, 0.2) is 0 Å². The summed E-state index contributed by atoms with van der Waals surface area (Å²) < 4.78 is 5.95. The Labute approximate surface area is 134 Å². The maximum Gasteiger partial charge on any atom is 0.124 e. The van der Waals surface area contributed by atoms with Crippen molar-refractivity contribution in [3.05, 3.63) is 59.2 Å². The molecule has 2 nitrogen and oxygen atoms in total. The maximum absolute atomic E-state index is 5.95. The van der Waals surface area contributed by atoms with Crippen molar-refractivity contribution in [1.29, 1.82) is 0 Å². The van der Waals surface area contributed by atoms with Crippen LogP contribution in [0.2, 0.25) is 0 Å². The van der Waals surface area contributed by atoms with Crippen molar-refractivity contribution in [3.8, 4) is 5.75 Å². The normalized spacial score (nSPS) is 10.8. The first-order valence-corrected chi connectivity index (χ1v) is 8.08. The largest absolute Gasteiger partial charge is 0.493 e. The number of rotatable bonds is 7. The summed E-state index contributed by atoms with van der Waals surface area (Å²) in [5.74, 6) is 1.65. The zero-order chi connectivity index (χ0) is 15.9. The van der Waals surface area contributed by atoms with Gasteiger partial charge in [0.05, 0.1) is 6.61 Å². The fraction of sp³-hybridized carbons (Fsp3) is 0.400. The minimum absolute atomic E-state index is 0.667. The van der Waals surface area contributed by atoms with Gasteiger partial charge in [-0.3, -0.25) is 0 Å². The number of nitrogens with one attached hydrogen (secondary N) is 1. The van der Waals surface area contributed by atoms with Gasteiger partial charge in [-0.15, -0.1) is 0 Å². The van der Waals surface area contributed by atoms with Gasteiger partial charge in [0.25, 0.3) is 0 Å². The van der Waals surface area contributed by atoms with Gasteiger partial charge in [-0.25, -0.2) is 0 Å². The summed E-state index contributed by atoms with van der Waals surface area (Å²) in [6.45, 7) is 10.2. The van der Waals surface area contributed by atoms with Crippen molar-refractivity contribution in [3.63, 3.8) is 0 Å². The average molecular weight is 297 g/mol. The molecule has 2 heteroatoms. The van der Waals surface area contributed by atoms with Crippen LogP contribution in [0.1, 0.15) is 37.0 Å². The minimum atomic E-state index is 0.667. The predicted octanol–water partition coefficient (Wildman–Crippen LogP) is 5.34. The first-order valence-electron chi connectivity index (χ1n) is 8.08. The molecule has 0 saturated carbocycles. The standard InChI is InChI=1S/C20H27NO/c1-15(2)11-12-22-20-8-6-5-7-18(20)14-21-19-13-16(3)9-10-17(19)4/h5-10,13,15,21H,11-12,14H2,1-4H3. The summed E-state index contributed by atoms with van der Waals surface area (Å²) >= 11 is 0. The molecule has 0 aliphatic carbocycles. The first kappa shape index (κ1) is 16.4. The molecular formula is C20H27NO. The second-order valence-electron chi connectivity index (χ2n) is 6.31. The molecular weight excluding hydrogens is 270 g/mol. The maximum atomic E-state index is 5.95. The lowest BCUT2D eigenvalue weighted by Crippen LogP contribution is -2.06. The Balaban J connectivity index is 2.01. The van der Waals surface area contributed by atoms with Crippen LogP contribution >= 0.6 is 0 Å². The van der Waals surface area contributed by atoms with E-state index in [2.05, 4.69) is 69.4 Å². The number of anilines is 1. The number of aryl methyl sites for hydroxylation is 2. The van der Waals surface area contributed by atoms with Crippen LogP contribution < -0.4 is 10.1 Å². The van der Waals surface area contributed by atoms with Crippen molar-refractivity contribution in [2.75, 3.05) is 11.9 Å². The summed E-state index contributed by atoms with van der Waals surface area (Å²) in [7, 11) is 0. The van der Waals surface area contributed by atoms with E-state index < -0.39 is 0 Å². The zero-order valence-corrected chi connectivity index (χ0v) is 14.1. The lowest BCUT2D eigenvalue weighted by Gasteiger charge is -2.15. The molecule has 0 saturated heterocycles. The third kappa shape index (κ3) is 4.80. The Morgan fingerprint density at radius 3 is 2.59 bits per heavy atom. The molecule has 0 unspecified atom stereocenters. The summed E-state index contributed by atoms with van der Waals surface area (Å²) in [5.41, 5.74) is 4.93. The summed E-state index contributed by atoms with van der Waals surface area (Å²) in [4.78, 5) is 0. The number of hydrogen-bond donors (Lipinski definition) is 1. The van der Waals surface area contributed by atoms with Gasteiger partial charge >= 0.3 is 0 Å². The summed E-state index contributed by atoms with van der Waals surface area (Å²) in [5, 5.41) is 3.53. The van der Waals surface area contributed by atoms with Crippen LogP contribution in [0.3, 0.4) is 0 Å². The van der Waals surface area contributed by atoms with E-state index in [9.17, 15) is 0 Å². The molecule has 0 fully saturated rings. The van der Waals surface area contributed by atoms with E-state index in [0.29, 0.717) is 5.92 Å². The Hall–Kier alpha value is -1.96. The van der Waals surface area contributed by atoms with Crippen molar-refractivity contribution in [2.45, 2.75) is 40.7 Å². The fourth-order valence-electron chi connectivity index (χ4n) is 2.31. The highest BCUT2D eigenvalue weighted by molar-refractivity contribution is 5.53. The van der Waals surface area contributed by atoms with Gasteiger partial charge in [0.2, 0.25) is 0 Å². The molecule has 0 radical (unpaired) electrons. The second kappa shape index (κ2) is 7.88. The first-order chi connectivity index (χ1) is 10.6. The van der Waals surface area contributed by atoms with E-state index >= 15 is 0 Å². The van der Waals surface area contributed by atoms with Crippen LogP contribution in [0, 0.1) is 19.8 Å². The molecule has 0 spiro atoms. The molecule has 2 aromatic rings. The van der Waals surface area contributed by atoms with E-state index in [4.69, 9.17) is 4.74 Å².